The molecule has 0 aromatic carbocycles. The maximum atomic E-state index is 4.14. The molecule has 0 atom stereocenters. The van der Waals surface area contributed by atoms with Crippen molar-refractivity contribution in [1.82, 2.24) is 25.1 Å². The lowest BCUT2D eigenvalue weighted by Gasteiger charge is -2.04. The van der Waals surface area contributed by atoms with Gasteiger partial charge in [0.1, 0.15) is 18.0 Å². The average molecular weight is 190 g/mol. The van der Waals surface area contributed by atoms with Gasteiger partial charge < -0.3 is 5.32 Å². The molecule has 2 aromatic heterocycles. The molecule has 0 fully saturated rings. The maximum Gasteiger partial charge on any atom is 0.147 e. The molecule has 0 saturated carbocycles. The minimum atomic E-state index is 0.569. The van der Waals surface area contributed by atoms with Gasteiger partial charge in [-0.1, -0.05) is 0 Å². The molecule has 0 bridgehead atoms. The van der Waals surface area contributed by atoms with Crippen LogP contribution in [-0.2, 0) is 6.54 Å². The van der Waals surface area contributed by atoms with E-state index in [0.717, 1.165) is 17.3 Å². The van der Waals surface area contributed by atoms with Crippen molar-refractivity contribution >= 4 is 5.82 Å². The number of rotatable bonds is 3. The topological polar surface area (TPSA) is 79.4 Å². The molecular weight excluding hydrogens is 180 g/mol. The number of hydrogen-bond donors (Lipinski definition) is 2. The summed E-state index contributed by atoms with van der Waals surface area (Å²) in [5.41, 5.74) is 0.868. The van der Waals surface area contributed by atoms with Crippen molar-refractivity contribution in [3.05, 3.63) is 30.2 Å². The Labute approximate surface area is 80.8 Å². The lowest BCUT2D eigenvalue weighted by Crippen LogP contribution is -2.05. The molecule has 2 aromatic rings. The second kappa shape index (κ2) is 3.82. The second-order valence-corrected chi connectivity index (χ2v) is 2.78. The molecule has 0 saturated heterocycles. The number of aromatic amines is 1. The summed E-state index contributed by atoms with van der Waals surface area (Å²) in [6, 6.07) is 0. The van der Waals surface area contributed by atoms with Crippen LogP contribution in [0.3, 0.4) is 0 Å². The molecule has 0 aliphatic carbocycles. The van der Waals surface area contributed by atoms with E-state index in [1.165, 1.54) is 6.33 Å². The van der Waals surface area contributed by atoms with Gasteiger partial charge in [0.05, 0.1) is 12.2 Å². The minimum Gasteiger partial charge on any atom is -0.361 e. The highest BCUT2D eigenvalue weighted by Gasteiger charge is 2.00. The van der Waals surface area contributed by atoms with Crippen LogP contribution in [0.25, 0.3) is 0 Å². The number of nitrogens with one attached hydrogen (secondary N) is 2. The zero-order chi connectivity index (χ0) is 9.80. The SMILES string of the molecule is Cc1nccnc1NCc1ncn[nH]1. The number of aromatic nitrogens is 5. The zero-order valence-corrected chi connectivity index (χ0v) is 7.73. The highest BCUT2D eigenvalue weighted by atomic mass is 15.2. The van der Waals surface area contributed by atoms with E-state index in [0.29, 0.717) is 6.54 Å². The first-order valence-electron chi connectivity index (χ1n) is 4.22. The van der Waals surface area contributed by atoms with Crippen LogP contribution in [0.1, 0.15) is 11.5 Å². The summed E-state index contributed by atoms with van der Waals surface area (Å²) in [5, 5.41) is 9.61. The molecule has 0 radical (unpaired) electrons. The molecule has 2 N–H and O–H groups in total. The Morgan fingerprint density at radius 3 is 2.86 bits per heavy atom. The first-order chi connectivity index (χ1) is 6.86. The van der Waals surface area contributed by atoms with Crippen LogP contribution in [0.5, 0.6) is 0 Å². The van der Waals surface area contributed by atoms with E-state index in [2.05, 4.69) is 30.5 Å². The third-order valence-electron chi connectivity index (χ3n) is 1.77. The van der Waals surface area contributed by atoms with Gasteiger partial charge in [-0.05, 0) is 6.92 Å². The third-order valence-corrected chi connectivity index (χ3v) is 1.77. The van der Waals surface area contributed by atoms with Crippen molar-refractivity contribution in [2.24, 2.45) is 0 Å². The fourth-order valence-electron chi connectivity index (χ4n) is 1.06. The summed E-state index contributed by atoms with van der Waals surface area (Å²) in [6.07, 6.45) is 4.78. The summed E-state index contributed by atoms with van der Waals surface area (Å²) >= 11 is 0. The van der Waals surface area contributed by atoms with E-state index in [1.807, 2.05) is 6.92 Å². The molecule has 14 heavy (non-hydrogen) atoms. The van der Waals surface area contributed by atoms with E-state index >= 15 is 0 Å². The molecule has 0 aliphatic heterocycles. The summed E-state index contributed by atoms with van der Waals surface area (Å²) < 4.78 is 0. The Hall–Kier alpha value is -1.98. The van der Waals surface area contributed by atoms with Crippen LogP contribution in [-0.4, -0.2) is 25.1 Å². The number of H-pyrrole nitrogens is 1. The molecule has 0 spiro atoms. The highest BCUT2D eigenvalue weighted by molar-refractivity contribution is 5.38. The van der Waals surface area contributed by atoms with Crippen LogP contribution < -0.4 is 5.32 Å². The maximum absolute atomic E-state index is 4.14. The third kappa shape index (κ3) is 1.85. The van der Waals surface area contributed by atoms with Crippen LogP contribution in [0.2, 0.25) is 0 Å². The smallest absolute Gasteiger partial charge is 0.147 e. The van der Waals surface area contributed by atoms with Gasteiger partial charge in [0.2, 0.25) is 0 Å². The quantitative estimate of drug-likeness (QED) is 0.737. The molecule has 2 rings (SSSR count). The Balaban J connectivity index is 2.02. The fourth-order valence-corrected chi connectivity index (χ4v) is 1.06. The van der Waals surface area contributed by atoms with E-state index in [-0.39, 0.29) is 0 Å². The summed E-state index contributed by atoms with van der Waals surface area (Å²) in [7, 11) is 0. The van der Waals surface area contributed by atoms with Gasteiger partial charge in [-0.2, -0.15) is 5.10 Å². The Kier molecular flexibility index (Phi) is 2.35. The first-order valence-corrected chi connectivity index (χ1v) is 4.22. The fraction of sp³-hybridized carbons (Fsp3) is 0.250. The predicted octanol–water partition coefficient (Wildman–Crippen LogP) is 0.515. The lowest BCUT2D eigenvalue weighted by atomic mass is 10.4. The lowest BCUT2D eigenvalue weighted by molar-refractivity contribution is 0.939. The molecule has 6 heteroatoms. The van der Waals surface area contributed by atoms with Crippen LogP contribution in [0, 0.1) is 6.92 Å². The van der Waals surface area contributed by atoms with Gasteiger partial charge in [-0.3, -0.25) is 10.1 Å². The Morgan fingerprint density at radius 2 is 2.14 bits per heavy atom. The summed E-state index contributed by atoms with van der Waals surface area (Å²) in [6.45, 7) is 2.47. The Bertz CT molecular complexity index is 396. The van der Waals surface area contributed by atoms with Gasteiger partial charge in [0.15, 0.2) is 0 Å². The molecule has 0 aliphatic rings. The predicted molar refractivity (Wildman–Crippen MR) is 50.5 cm³/mol. The monoisotopic (exact) mass is 190 g/mol. The van der Waals surface area contributed by atoms with Crippen molar-refractivity contribution < 1.29 is 0 Å². The number of nitrogens with zero attached hydrogens (tertiary/aromatic N) is 4. The largest absolute Gasteiger partial charge is 0.361 e. The minimum absolute atomic E-state index is 0.569. The molecule has 0 unspecified atom stereocenters. The summed E-state index contributed by atoms with van der Waals surface area (Å²) in [5.74, 6) is 1.54. The van der Waals surface area contributed by atoms with Gasteiger partial charge in [0, 0.05) is 12.4 Å². The molecule has 6 nitrogen and oxygen atoms in total. The van der Waals surface area contributed by atoms with E-state index in [4.69, 9.17) is 0 Å². The molecular formula is C8H10N6. The van der Waals surface area contributed by atoms with Crippen LogP contribution in [0.4, 0.5) is 5.82 Å². The van der Waals surface area contributed by atoms with E-state index < -0.39 is 0 Å². The van der Waals surface area contributed by atoms with Crippen molar-refractivity contribution in [2.75, 3.05) is 5.32 Å². The van der Waals surface area contributed by atoms with Crippen LogP contribution >= 0.6 is 0 Å². The number of aryl methyl sites for hydroxylation is 1. The first kappa shape index (κ1) is 8.61. The normalized spacial score (nSPS) is 10.1. The number of hydrogen-bond acceptors (Lipinski definition) is 5. The van der Waals surface area contributed by atoms with Gasteiger partial charge in [-0.15, -0.1) is 0 Å². The van der Waals surface area contributed by atoms with Crippen molar-refractivity contribution in [1.29, 1.82) is 0 Å². The van der Waals surface area contributed by atoms with Crippen LogP contribution in [0.15, 0.2) is 18.7 Å². The number of anilines is 1. The van der Waals surface area contributed by atoms with Crippen molar-refractivity contribution in [3.8, 4) is 0 Å². The van der Waals surface area contributed by atoms with Crippen molar-refractivity contribution in [2.45, 2.75) is 13.5 Å². The molecule has 0 amide bonds. The van der Waals surface area contributed by atoms with Gasteiger partial charge in [0.25, 0.3) is 0 Å². The second-order valence-electron chi connectivity index (χ2n) is 2.78. The standard InChI is InChI=1S/C8H10N6/c1-6-8(10-3-2-9-6)11-4-7-12-5-13-14-7/h2-3,5H,4H2,1H3,(H,10,11)(H,12,13,14). The summed E-state index contributed by atoms with van der Waals surface area (Å²) in [4.78, 5) is 12.2. The zero-order valence-electron chi connectivity index (χ0n) is 7.73. The molecule has 72 valence electrons. The van der Waals surface area contributed by atoms with E-state index in [9.17, 15) is 0 Å². The Morgan fingerprint density at radius 1 is 1.29 bits per heavy atom. The van der Waals surface area contributed by atoms with E-state index in [1.54, 1.807) is 12.4 Å². The average Bonchev–Trinajstić information content (AvgIpc) is 2.69. The van der Waals surface area contributed by atoms with Crippen molar-refractivity contribution in [3.63, 3.8) is 0 Å². The molecule has 2 heterocycles. The van der Waals surface area contributed by atoms with Gasteiger partial charge >= 0.3 is 0 Å². The van der Waals surface area contributed by atoms with Gasteiger partial charge in [-0.25, -0.2) is 9.97 Å². The highest BCUT2D eigenvalue weighted by Crippen LogP contribution is 2.06.